The normalized spacial score (nSPS) is 10.8. The number of nitrogens with one attached hydrogen (secondary N) is 1. The van der Waals surface area contributed by atoms with Gasteiger partial charge in [0.05, 0.1) is 17.6 Å². The quantitative estimate of drug-likeness (QED) is 0.691. The Bertz CT molecular complexity index is 895. The maximum absolute atomic E-state index is 12.6. The van der Waals surface area contributed by atoms with Gasteiger partial charge in [-0.3, -0.25) is 4.79 Å². The van der Waals surface area contributed by atoms with Crippen molar-refractivity contribution in [3.63, 3.8) is 0 Å². The predicted octanol–water partition coefficient (Wildman–Crippen LogP) is 4.51. The highest BCUT2D eigenvalue weighted by atomic mass is 32.1. The molecular formula is C19H22N4O2S. The second-order valence-electron chi connectivity index (χ2n) is 5.88. The molecule has 7 heteroatoms. The van der Waals surface area contributed by atoms with Gasteiger partial charge in [-0.05, 0) is 52.0 Å². The van der Waals surface area contributed by atoms with Crippen LogP contribution in [0, 0.1) is 13.8 Å². The number of carbonyl (C=O) groups excluding carboxylic acids is 1. The highest BCUT2D eigenvalue weighted by molar-refractivity contribution is 7.17. The second kappa shape index (κ2) is 7.70. The van der Waals surface area contributed by atoms with Gasteiger partial charge in [-0.1, -0.05) is 0 Å². The molecule has 0 aliphatic rings. The molecule has 26 heavy (non-hydrogen) atoms. The molecule has 3 rings (SSSR count). The fraction of sp³-hybridized carbons (Fsp3) is 0.316. The Labute approximate surface area is 156 Å². The molecule has 0 aliphatic heterocycles. The summed E-state index contributed by atoms with van der Waals surface area (Å²) in [6, 6.07) is 7.53. The summed E-state index contributed by atoms with van der Waals surface area (Å²) in [5.74, 6) is 2.21. The van der Waals surface area contributed by atoms with Crippen molar-refractivity contribution in [2.75, 3.05) is 23.3 Å². The molecule has 0 fully saturated rings. The number of hydrogen-bond acceptors (Lipinski definition) is 6. The van der Waals surface area contributed by atoms with Crippen molar-refractivity contribution < 1.29 is 9.21 Å². The van der Waals surface area contributed by atoms with Gasteiger partial charge < -0.3 is 14.6 Å². The van der Waals surface area contributed by atoms with Crippen LogP contribution in [0.1, 0.15) is 35.0 Å². The lowest BCUT2D eigenvalue weighted by molar-refractivity contribution is 0.103. The van der Waals surface area contributed by atoms with E-state index < -0.39 is 0 Å². The van der Waals surface area contributed by atoms with E-state index in [1.54, 1.807) is 6.20 Å². The van der Waals surface area contributed by atoms with Crippen LogP contribution in [0.4, 0.5) is 11.5 Å². The minimum absolute atomic E-state index is 0.188. The van der Waals surface area contributed by atoms with Crippen molar-refractivity contribution >= 4 is 28.7 Å². The Morgan fingerprint density at radius 2 is 1.96 bits per heavy atom. The summed E-state index contributed by atoms with van der Waals surface area (Å²) in [6.45, 7) is 9.67. The lowest BCUT2D eigenvalue weighted by atomic mass is 10.3. The summed E-state index contributed by atoms with van der Waals surface area (Å²) in [4.78, 5) is 24.2. The summed E-state index contributed by atoms with van der Waals surface area (Å²) in [5.41, 5.74) is 1.35. The largest absolute Gasteiger partial charge is 0.459 e. The number of nitrogens with zero attached hydrogens (tertiary/aromatic N) is 3. The van der Waals surface area contributed by atoms with Crippen molar-refractivity contribution in [3.8, 4) is 10.8 Å². The van der Waals surface area contributed by atoms with Gasteiger partial charge in [0.1, 0.15) is 16.5 Å². The van der Waals surface area contributed by atoms with Crippen molar-refractivity contribution in [3.05, 3.63) is 46.8 Å². The first-order chi connectivity index (χ1) is 12.5. The lowest BCUT2D eigenvalue weighted by Crippen LogP contribution is -2.22. The molecule has 0 spiro atoms. The molecule has 0 aromatic carbocycles. The molecule has 0 saturated heterocycles. The molecule has 3 heterocycles. The minimum Gasteiger partial charge on any atom is -0.459 e. The molecule has 3 aromatic heterocycles. The Balaban J connectivity index is 1.75. The van der Waals surface area contributed by atoms with Gasteiger partial charge >= 0.3 is 0 Å². The number of amides is 1. The van der Waals surface area contributed by atoms with Gasteiger partial charge in [-0.2, -0.15) is 0 Å². The summed E-state index contributed by atoms with van der Waals surface area (Å²) in [7, 11) is 0. The van der Waals surface area contributed by atoms with E-state index in [0.717, 1.165) is 24.7 Å². The number of pyridine rings is 1. The van der Waals surface area contributed by atoms with Crippen LogP contribution in [0.3, 0.4) is 0 Å². The zero-order valence-corrected chi connectivity index (χ0v) is 16.2. The molecule has 3 aromatic rings. The molecule has 0 saturated carbocycles. The van der Waals surface area contributed by atoms with Crippen LogP contribution in [-0.4, -0.2) is 29.0 Å². The summed E-state index contributed by atoms with van der Waals surface area (Å²) < 4.78 is 5.59. The molecule has 0 bridgehead atoms. The van der Waals surface area contributed by atoms with Gasteiger partial charge in [0.15, 0.2) is 10.8 Å². The fourth-order valence-corrected chi connectivity index (χ4v) is 3.57. The van der Waals surface area contributed by atoms with Gasteiger partial charge in [0.25, 0.3) is 5.91 Å². The molecule has 0 aliphatic carbocycles. The smallest absolute Gasteiger partial charge is 0.267 e. The maximum atomic E-state index is 12.6. The van der Waals surface area contributed by atoms with E-state index in [9.17, 15) is 4.79 Å². The topological polar surface area (TPSA) is 71.3 Å². The number of rotatable bonds is 6. The van der Waals surface area contributed by atoms with Crippen LogP contribution < -0.4 is 10.2 Å². The molecule has 1 N–H and O–H groups in total. The molecule has 0 atom stereocenters. The molecule has 6 nitrogen and oxygen atoms in total. The van der Waals surface area contributed by atoms with Gasteiger partial charge in [0.2, 0.25) is 0 Å². The van der Waals surface area contributed by atoms with Crippen LogP contribution in [-0.2, 0) is 0 Å². The molecule has 1 amide bonds. The van der Waals surface area contributed by atoms with Crippen molar-refractivity contribution in [1.82, 2.24) is 9.97 Å². The first-order valence-electron chi connectivity index (χ1n) is 8.58. The van der Waals surface area contributed by atoms with E-state index in [1.165, 1.54) is 11.3 Å². The van der Waals surface area contributed by atoms with Crippen LogP contribution in [0.15, 0.2) is 34.9 Å². The Morgan fingerprint density at radius 1 is 1.19 bits per heavy atom. The van der Waals surface area contributed by atoms with E-state index in [4.69, 9.17) is 4.42 Å². The lowest BCUT2D eigenvalue weighted by Gasteiger charge is -2.19. The SMILES string of the molecule is CCN(CC)c1ccc(NC(=O)c2sc(-c3ccc(C)o3)nc2C)cn1. The first-order valence-corrected chi connectivity index (χ1v) is 9.40. The highest BCUT2D eigenvalue weighted by Crippen LogP contribution is 2.29. The maximum Gasteiger partial charge on any atom is 0.267 e. The molecule has 0 radical (unpaired) electrons. The van der Waals surface area contributed by atoms with Crippen LogP contribution in [0.25, 0.3) is 10.8 Å². The van der Waals surface area contributed by atoms with Crippen molar-refractivity contribution in [1.29, 1.82) is 0 Å². The average Bonchev–Trinajstić information content (AvgIpc) is 3.23. The second-order valence-corrected chi connectivity index (χ2v) is 6.87. The average molecular weight is 370 g/mol. The van der Waals surface area contributed by atoms with Crippen LogP contribution >= 0.6 is 11.3 Å². The van der Waals surface area contributed by atoms with E-state index in [2.05, 4.69) is 34.0 Å². The Morgan fingerprint density at radius 3 is 2.54 bits per heavy atom. The minimum atomic E-state index is -0.188. The number of aryl methyl sites for hydroxylation is 2. The highest BCUT2D eigenvalue weighted by Gasteiger charge is 2.18. The van der Waals surface area contributed by atoms with Gasteiger partial charge in [0, 0.05) is 13.1 Å². The standard InChI is InChI=1S/C19H22N4O2S/c1-5-23(6-2)16-10-8-14(11-20-16)22-18(24)17-13(4)21-19(26-17)15-9-7-12(3)25-15/h7-11H,5-6H2,1-4H3,(H,22,24). The fourth-order valence-electron chi connectivity index (χ4n) is 2.64. The van der Waals surface area contributed by atoms with E-state index >= 15 is 0 Å². The number of furan rings is 1. The van der Waals surface area contributed by atoms with E-state index in [-0.39, 0.29) is 5.91 Å². The monoisotopic (exact) mass is 370 g/mol. The van der Waals surface area contributed by atoms with Crippen LogP contribution in [0.5, 0.6) is 0 Å². The van der Waals surface area contributed by atoms with Gasteiger partial charge in [-0.25, -0.2) is 9.97 Å². The van der Waals surface area contributed by atoms with Gasteiger partial charge in [-0.15, -0.1) is 11.3 Å². The molecule has 136 valence electrons. The third kappa shape index (κ3) is 3.77. The zero-order chi connectivity index (χ0) is 18.7. The number of anilines is 2. The predicted molar refractivity (Wildman–Crippen MR) is 105 cm³/mol. The number of hydrogen-bond donors (Lipinski definition) is 1. The van der Waals surface area contributed by atoms with Crippen LogP contribution in [0.2, 0.25) is 0 Å². The first kappa shape index (κ1) is 18.1. The third-order valence-electron chi connectivity index (χ3n) is 4.05. The Kier molecular flexibility index (Phi) is 5.37. The Hall–Kier alpha value is -2.67. The third-order valence-corrected chi connectivity index (χ3v) is 5.22. The summed E-state index contributed by atoms with van der Waals surface area (Å²) in [5, 5.41) is 3.60. The zero-order valence-electron chi connectivity index (χ0n) is 15.4. The number of aromatic nitrogens is 2. The van der Waals surface area contributed by atoms with Crippen molar-refractivity contribution in [2.45, 2.75) is 27.7 Å². The molecular weight excluding hydrogens is 348 g/mol. The number of thiazole rings is 1. The summed E-state index contributed by atoms with van der Waals surface area (Å²) >= 11 is 1.32. The van der Waals surface area contributed by atoms with E-state index in [0.29, 0.717) is 27.0 Å². The van der Waals surface area contributed by atoms with Crippen molar-refractivity contribution in [2.24, 2.45) is 0 Å². The number of carbonyl (C=O) groups is 1. The van der Waals surface area contributed by atoms with E-state index in [1.807, 2.05) is 38.1 Å². The summed E-state index contributed by atoms with van der Waals surface area (Å²) in [6.07, 6.45) is 1.68. The molecule has 0 unspecified atom stereocenters.